The summed E-state index contributed by atoms with van der Waals surface area (Å²) in [6.45, 7) is 10.7. The van der Waals surface area contributed by atoms with Gasteiger partial charge in [-0.2, -0.15) is 0 Å². The number of rotatable bonds is 10. The van der Waals surface area contributed by atoms with Crippen molar-refractivity contribution in [2.75, 3.05) is 20.8 Å². The van der Waals surface area contributed by atoms with Crippen LogP contribution in [0, 0.1) is 23.7 Å². The fourth-order valence-electron chi connectivity index (χ4n) is 7.04. The number of hydrogen-bond acceptors (Lipinski definition) is 10. The zero-order chi connectivity index (χ0) is 36.2. The highest BCUT2D eigenvalue weighted by Crippen LogP contribution is 2.30. The Morgan fingerprint density at radius 1 is 1.02 bits per heavy atom. The first-order chi connectivity index (χ1) is 24.0. The molecule has 5 unspecified atom stereocenters. The molecule has 2 aromatic rings. The average molecular weight is 696 g/mol. The van der Waals surface area contributed by atoms with Gasteiger partial charge in [0.15, 0.2) is 12.1 Å². The van der Waals surface area contributed by atoms with Gasteiger partial charge in [-0.05, 0) is 63.9 Å². The largest absolute Gasteiger partial charge is 0.462 e. The van der Waals surface area contributed by atoms with Gasteiger partial charge >= 0.3 is 5.97 Å². The molecule has 10 atom stereocenters. The van der Waals surface area contributed by atoms with Crippen LogP contribution in [0.5, 0.6) is 0 Å². The predicted octanol–water partition coefficient (Wildman–Crippen LogP) is 5.96. The molecular formula is C39H57N3O8. The molecule has 0 bridgehead atoms. The SMILES string of the molecule is CC[C@H]1OC(=O)CC[C@H](C)C[C@@H](CCn2cc(-c3ccccc3)nn2)C[C@@H](C)C(=O)/C=C/C(C)=C/[C@@H]1COC1OC(C)C(O)C(OC)C1OC. The lowest BCUT2D eigenvalue weighted by Gasteiger charge is -2.42. The summed E-state index contributed by atoms with van der Waals surface area (Å²) in [6, 6.07) is 9.99. The minimum atomic E-state index is -0.872. The lowest BCUT2D eigenvalue weighted by molar-refractivity contribution is -0.304. The molecule has 1 saturated heterocycles. The molecule has 276 valence electrons. The van der Waals surface area contributed by atoms with E-state index >= 15 is 0 Å². The minimum absolute atomic E-state index is 0.0811. The summed E-state index contributed by atoms with van der Waals surface area (Å²) in [5.74, 6) is -0.106. The fourth-order valence-corrected chi connectivity index (χ4v) is 7.04. The Hall–Kier alpha value is -3.22. The third kappa shape index (κ3) is 11.1. The molecule has 50 heavy (non-hydrogen) atoms. The summed E-state index contributed by atoms with van der Waals surface area (Å²) < 4.78 is 31.3. The second-order valence-electron chi connectivity index (χ2n) is 14.1. The lowest BCUT2D eigenvalue weighted by atomic mass is 9.83. The van der Waals surface area contributed by atoms with Crippen LogP contribution in [0.25, 0.3) is 11.3 Å². The second kappa shape index (κ2) is 19.4. The van der Waals surface area contributed by atoms with E-state index in [-0.39, 0.29) is 42.0 Å². The summed E-state index contributed by atoms with van der Waals surface area (Å²) in [4.78, 5) is 26.6. The number of aryl methyl sites for hydroxylation is 1. The van der Waals surface area contributed by atoms with Crippen LogP contribution < -0.4 is 0 Å². The van der Waals surface area contributed by atoms with Crippen molar-refractivity contribution in [2.24, 2.45) is 23.7 Å². The summed E-state index contributed by atoms with van der Waals surface area (Å²) >= 11 is 0. The number of ketones is 1. The Morgan fingerprint density at radius 2 is 1.76 bits per heavy atom. The number of ether oxygens (including phenoxy) is 5. The van der Waals surface area contributed by atoms with Crippen molar-refractivity contribution in [1.29, 1.82) is 0 Å². The van der Waals surface area contributed by atoms with Gasteiger partial charge in [0.2, 0.25) is 0 Å². The Labute approximate surface area is 297 Å². The molecule has 0 radical (unpaired) electrons. The molecule has 11 nitrogen and oxygen atoms in total. The minimum Gasteiger partial charge on any atom is -0.462 e. The second-order valence-corrected chi connectivity index (χ2v) is 14.1. The number of allylic oxidation sites excluding steroid dienone is 3. The van der Waals surface area contributed by atoms with Crippen molar-refractivity contribution in [3.05, 3.63) is 60.3 Å². The Balaban J connectivity index is 1.48. The molecule has 1 fully saturated rings. The third-order valence-corrected chi connectivity index (χ3v) is 10.0. The maximum Gasteiger partial charge on any atom is 0.306 e. The predicted molar refractivity (Wildman–Crippen MR) is 190 cm³/mol. The van der Waals surface area contributed by atoms with Gasteiger partial charge in [-0.15, -0.1) is 5.10 Å². The van der Waals surface area contributed by atoms with Gasteiger partial charge in [0.05, 0.1) is 18.9 Å². The van der Waals surface area contributed by atoms with E-state index in [0.29, 0.717) is 25.8 Å². The van der Waals surface area contributed by atoms with Crippen molar-refractivity contribution in [3.63, 3.8) is 0 Å². The van der Waals surface area contributed by atoms with E-state index in [9.17, 15) is 14.7 Å². The highest BCUT2D eigenvalue weighted by atomic mass is 16.7. The van der Waals surface area contributed by atoms with Crippen LogP contribution >= 0.6 is 0 Å². The van der Waals surface area contributed by atoms with E-state index < -0.39 is 36.8 Å². The van der Waals surface area contributed by atoms with E-state index in [1.54, 1.807) is 13.0 Å². The van der Waals surface area contributed by atoms with Crippen LogP contribution in [0.3, 0.4) is 0 Å². The quantitative estimate of drug-likeness (QED) is 0.297. The van der Waals surface area contributed by atoms with Crippen LogP contribution in [-0.4, -0.2) is 89.5 Å². The lowest BCUT2D eigenvalue weighted by Crippen LogP contribution is -2.59. The topological polar surface area (TPSA) is 131 Å². The first kappa shape index (κ1) is 39.6. The molecule has 0 spiro atoms. The molecule has 4 rings (SSSR count). The van der Waals surface area contributed by atoms with Gasteiger partial charge in [0.25, 0.3) is 0 Å². The maximum absolute atomic E-state index is 13.4. The number of hydrogen-bond donors (Lipinski definition) is 1. The van der Waals surface area contributed by atoms with Crippen LogP contribution in [0.15, 0.2) is 60.3 Å². The Kier molecular flexibility index (Phi) is 15.4. The molecular weight excluding hydrogens is 638 g/mol. The zero-order valence-electron chi connectivity index (χ0n) is 30.8. The molecule has 1 aromatic carbocycles. The van der Waals surface area contributed by atoms with Gasteiger partial charge in [0.1, 0.15) is 30.1 Å². The van der Waals surface area contributed by atoms with Crippen molar-refractivity contribution < 1.29 is 38.4 Å². The number of carbonyl (C=O) groups is 2. The molecule has 3 heterocycles. The molecule has 2 aliphatic rings. The van der Waals surface area contributed by atoms with E-state index in [0.717, 1.165) is 36.1 Å². The maximum atomic E-state index is 13.4. The Morgan fingerprint density at radius 3 is 2.46 bits per heavy atom. The molecule has 1 N–H and O–H groups in total. The number of aliphatic hydroxyl groups is 1. The number of carbonyl (C=O) groups excluding carboxylic acids is 2. The standard InChI is InChI=1S/C39H57N3O8/c1-8-34-31(24-48-39-38(47-7)37(46-6)36(45)28(5)49-39)21-26(3)14-16-33(43)27(4)22-29(20-25(2)15-17-35(44)50-34)18-19-42-23-32(40-41-42)30-12-10-9-11-13-30/h9-14,16,21,23,25,27-29,31,34,36-39,45H,8,15,17-20,22,24H2,1-7H3/b16-14+,26-21+/t25-,27+,28?,29+,31+,34+,36?,37?,38?,39?/m0/s1. The number of nitrogens with zero attached hydrogens (tertiary/aromatic N) is 3. The van der Waals surface area contributed by atoms with Gasteiger partial charge < -0.3 is 28.8 Å². The Bertz CT molecular complexity index is 1410. The molecule has 0 saturated carbocycles. The summed E-state index contributed by atoms with van der Waals surface area (Å²) in [6.07, 6.45) is 7.57. The van der Waals surface area contributed by atoms with Gasteiger partial charge in [0, 0.05) is 44.6 Å². The smallest absolute Gasteiger partial charge is 0.306 e. The third-order valence-electron chi connectivity index (χ3n) is 10.0. The fraction of sp³-hybridized carbons (Fsp3) is 0.641. The van der Waals surface area contributed by atoms with Gasteiger partial charge in [-0.3, -0.25) is 14.3 Å². The summed E-state index contributed by atoms with van der Waals surface area (Å²) in [5.41, 5.74) is 2.72. The molecule has 0 amide bonds. The first-order valence-electron chi connectivity index (χ1n) is 18.1. The van der Waals surface area contributed by atoms with E-state index in [1.165, 1.54) is 14.2 Å². The first-order valence-corrected chi connectivity index (χ1v) is 18.1. The van der Waals surface area contributed by atoms with Crippen molar-refractivity contribution in [1.82, 2.24) is 15.0 Å². The van der Waals surface area contributed by atoms with Crippen LogP contribution in [-0.2, 0) is 39.8 Å². The normalized spacial score (nSPS) is 33.7. The molecule has 2 aliphatic heterocycles. The number of cyclic esters (lactones) is 1. The molecule has 11 heteroatoms. The van der Waals surface area contributed by atoms with Crippen molar-refractivity contribution in [2.45, 2.75) is 116 Å². The number of benzene rings is 1. The van der Waals surface area contributed by atoms with Crippen LogP contribution in [0.4, 0.5) is 0 Å². The number of esters is 1. The molecule has 0 aliphatic carbocycles. The van der Waals surface area contributed by atoms with E-state index in [2.05, 4.69) is 17.2 Å². The number of aliphatic hydroxyl groups excluding tert-OH is 1. The number of methoxy groups -OCH3 is 2. The zero-order valence-corrected chi connectivity index (χ0v) is 30.8. The van der Waals surface area contributed by atoms with Crippen LogP contribution in [0.2, 0.25) is 0 Å². The van der Waals surface area contributed by atoms with Gasteiger partial charge in [-0.1, -0.05) is 74.0 Å². The van der Waals surface area contributed by atoms with E-state index in [4.69, 9.17) is 23.7 Å². The highest BCUT2D eigenvalue weighted by molar-refractivity contribution is 5.91. The van der Waals surface area contributed by atoms with Gasteiger partial charge in [-0.25, -0.2) is 0 Å². The van der Waals surface area contributed by atoms with E-state index in [1.807, 2.05) is 74.1 Å². The van der Waals surface area contributed by atoms with Crippen LogP contribution in [0.1, 0.15) is 73.1 Å². The van der Waals surface area contributed by atoms with Crippen molar-refractivity contribution >= 4 is 11.8 Å². The number of aromatic nitrogens is 3. The average Bonchev–Trinajstić information content (AvgIpc) is 3.59. The molecule has 1 aromatic heterocycles. The summed E-state index contributed by atoms with van der Waals surface area (Å²) in [7, 11) is 3.04. The van der Waals surface area contributed by atoms with Crippen molar-refractivity contribution in [3.8, 4) is 11.3 Å². The highest BCUT2D eigenvalue weighted by Gasteiger charge is 2.45. The summed E-state index contributed by atoms with van der Waals surface area (Å²) in [5, 5.41) is 19.3. The monoisotopic (exact) mass is 695 g/mol.